The number of imide groups is 4. The molecule has 0 aromatic rings. The highest BCUT2D eigenvalue weighted by molar-refractivity contribution is 6.64. The van der Waals surface area contributed by atoms with Crippen LogP contribution in [-0.4, -0.2) is 69.3 Å². The number of hydrogen-bond acceptors (Lipinski definition) is 6. The molecule has 2 saturated heterocycles. The molecule has 10 nitrogen and oxygen atoms in total. The summed E-state index contributed by atoms with van der Waals surface area (Å²) in [6.45, 7) is 0. The van der Waals surface area contributed by atoms with E-state index in [1.54, 1.807) is 10.6 Å². The summed E-state index contributed by atoms with van der Waals surface area (Å²) >= 11 is 11.9. The van der Waals surface area contributed by atoms with Gasteiger partial charge in [-0.2, -0.15) is 0 Å². The molecule has 2 rings (SSSR count). The molecule has 2 N–H and O–H groups in total. The normalized spacial score (nSPS) is 33.1. The fraction of sp³-hybridized carbons (Fsp3) is 0.400. The van der Waals surface area contributed by atoms with Gasteiger partial charge in [-0.15, -0.1) is 0 Å². The molecule has 2 aliphatic rings. The van der Waals surface area contributed by atoms with E-state index in [0.717, 1.165) is 14.1 Å². The van der Waals surface area contributed by atoms with Gasteiger partial charge in [-0.05, 0) is 0 Å². The number of amides is 8. The summed E-state index contributed by atoms with van der Waals surface area (Å²) in [5, 5.41) is 3.43. The number of carbonyl (C=O) groups excluding carboxylic acids is 6. The average molecular weight is 351 g/mol. The van der Waals surface area contributed by atoms with Crippen LogP contribution in [0.25, 0.3) is 0 Å². The average Bonchev–Trinajstić information content (AvgIpc) is 2.46. The molecule has 0 aromatic carbocycles. The largest absolute Gasteiger partial charge is 0.330 e. The fourth-order valence-corrected chi connectivity index (χ4v) is 2.66. The molecule has 0 bridgehead atoms. The third-order valence-electron chi connectivity index (χ3n) is 3.35. The van der Waals surface area contributed by atoms with Crippen LogP contribution in [0.4, 0.5) is 9.59 Å². The van der Waals surface area contributed by atoms with Crippen LogP contribution < -0.4 is 10.6 Å². The Labute approximate surface area is 132 Å². The first-order valence-corrected chi connectivity index (χ1v) is 6.40. The Balaban J connectivity index is 2.65. The highest BCUT2D eigenvalue weighted by atomic mass is 35.5. The molecular weight excluding hydrogens is 343 g/mol. The second kappa shape index (κ2) is 4.65. The molecule has 0 radical (unpaired) electrons. The van der Waals surface area contributed by atoms with E-state index in [4.69, 9.17) is 23.2 Å². The maximum absolute atomic E-state index is 12.2. The van der Waals surface area contributed by atoms with Gasteiger partial charge in [0.05, 0.1) is 0 Å². The molecule has 118 valence electrons. The first-order chi connectivity index (χ1) is 9.99. The highest BCUT2D eigenvalue weighted by Gasteiger charge is 2.73. The van der Waals surface area contributed by atoms with E-state index >= 15 is 0 Å². The Bertz CT molecular complexity index is 610. The van der Waals surface area contributed by atoms with Gasteiger partial charge < -0.3 is 0 Å². The Kier molecular flexibility index (Phi) is 3.42. The zero-order chi connectivity index (χ0) is 17.0. The van der Waals surface area contributed by atoms with Crippen LogP contribution in [0.5, 0.6) is 0 Å². The quantitative estimate of drug-likeness (QED) is 0.430. The Hall–Kier alpha value is -2.20. The van der Waals surface area contributed by atoms with Crippen molar-refractivity contribution in [1.29, 1.82) is 0 Å². The van der Waals surface area contributed by atoms with Crippen molar-refractivity contribution in [3.63, 3.8) is 0 Å². The molecule has 0 spiro atoms. The van der Waals surface area contributed by atoms with Gasteiger partial charge in [0, 0.05) is 14.1 Å². The van der Waals surface area contributed by atoms with Crippen LogP contribution >= 0.6 is 23.2 Å². The van der Waals surface area contributed by atoms with Gasteiger partial charge in [0.2, 0.25) is 9.75 Å². The van der Waals surface area contributed by atoms with Gasteiger partial charge in [-0.3, -0.25) is 39.6 Å². The molecule has 0 unspecified atom stereocenters. The van der Waals surface area contributed by atoms with Crippen LogP contribution in [0.1, 0.15) is 0 Å². The predicted molar refractivity (Wildman–Crippen MR) is 69.8 cm³/mol. The van der Waals surface area contributed by atoms with Crippen molar-refractivity contribution in [2.45, 2.75) is 9.75 Å². The lowest BCUT2D eigenvalue weighted by molar-refractivity contribution is -0.152. The maximum Gasteiger partial charge on any atom is 0.330 e. The third kappa shape index (κ3) is 1.67. The summed E-state index contributed by atoms with van der Waals surface area (Å²) in [5.74, 6) is -5.62. The molecule has 12 heteroatoms. The number of barbiturate groups is 2. The van der Waals surface area contributed by atoms with Gasteiger partial charge in [-0.25, -0.2) is 9.59 Å². The Morgan fingerprint density at radius 1 is 0.727 bits per heavy atom. The predicted octanol–water partition coefficient (Wildman–Crippen LogP) is -1.64. The van der Waals surface area contributed by atoms with Gasteiger partial charge in [0.1, 0.15) is 0 Å². The number of urea groups is 2. The van der Waals surface area contributed by atoms with Crippen molar-refractivity contribution in [3.05, 3.63) is 0 Å². The van der Waals surface area contributed by atoms with Crippen LogP contribution in [0.3, 0.4) is 0 Å². The Morgan fingerprint density at radius 2 is 1.00 bits per heavy atom. The number of hydrogen-bond donors (Lipinski definition) is 2. The number of nitrogens with zero attached hydrogens (tertiary/aromatic N) is 2. The summed E-state index contributed by atoms with van der Waals surface area (Å²) in [6, 6.07) is -2.20. The van der Waals surface area contributed by atoms with Gasteiger partial charge >= 0.3 is 12.1 Å². The number of alkyl halides is 2. The molecule has 22 heavy (non-hydrogen) atoms. The molecule has 2 atom stereocenters. The number of rotatable bonds is 1. The lowest BCUT2D eigenvalue weighted by Crippen LogP contribution is -2.80. The van der Waals surface area contributed by atoms with E-state index in [2.05, 4.69) is 0 Å². The number of nitrogens with one attached hydrogen (secondary N) is 2. The van der Waals surface area contributed by atoms with Crippen LogP contribution in [0, 0.1) is 0 Å². The molecule has 0 aliphatic carbocycles. The lowest BCUT2D eigenvalue weighted by Gasteiger charge is -2.44. The minimum Gasteiger partial charge on any atom is -0.275 e. The van der Waals surface area contributed by atoms with Crippen LogP contribution in [0.2, 0.25) is 0 Å². The standard InChI is InChI=1S/C10H8Cl2N4O6/c1-15-5(19)9(11,3(17)13-7(15)21)10(12)4(18)14-8(22)16(2)6(10)20/h1-2H3,(H,13,17,21)(H,14,18,22)/t9-,10+. The van der Waals surface area contributed by atoms with Crippen molar-refractivity contribution in [3.8, 4) is 0 Å². The van der Waals surface area contributed by atoms with Gasteiger partial charge in [0.15, 0.2) is 0 Å². The smallest absolute Gasteiger partial charge is 0.275 e. The van der Waals surface area contributed by atoms with Gasteiger partial charge in [-0.1, -0.05) is 23.2 Å². The first kappa shape index (κ1) is 16.2. The second-order valence-corrected chi connectivity index (χ2v) is 5.70. The second-order valence-electron chi connectivity index (χ2n) is 4.56. The molecule has 0 saturated carbocycles. The summed E-state index contributed by atoms with van der Waals surface area (Å²) < 4.78 is 0. The zero-order valence-electron chi connectivity index (χ0n) is 11.1. The van der Waals surface area contributed by atoms with E-state index in [-0.39, 0.29) is 0 Å². The van der Waals surface area contributed by atoms with Crippen molar-refractivity contribution >= 4 is 58.9 Å². The van der Waals surface area contributed by atoms with Crippen LogP contribution in [0.15, 0.2) is 0 Å². The molecule has 2 heterocycles. The number of halogens is 2. The minimum atomic E-state index is -2.94. The third-order valence-corrected chi connectivity index (χ3v) is 4.68. The van der Waals surface area contributed by atoms with Gasteiger partial charge in [0.25, 0.3) is 23.6 Å². The highest BCUT2D eigenvalue weighted by Crippen LogP contribution is 2.42. The van der Waals surface area contributed by atoms with E-state index in [9.17, 15) is 28.8 Å². The van der Waals surface area contributed by atoms with Crippen LogP contribution in [-0.2, 0) is 19.2 Å². The summed E-state index contributed by atoms with van der Waals surface area (Å²) in [5.41, 5.74) is 0. The van der Waals surface area contributed by atoms with Crippen molar-refractivity contribution in [2.75, 3.05) is 14.1 Å². The summed E-state index contributed by atoms with van der Waals surface area (Å²) in [4.78, 5) is 66.3. The van der Waals surface area contributed by atoms with Crippen molar-refractivity contribution in [2.24, 2.45) is 0 Å². The van der Waals surface area contributed by atoms with Crippen molar-refractivity contribution in [1.82, 2.24) is 20.4 Å². The monoisotopic (exact) mass is 350 g/mol. The van der Waals surface area contributed by atoms with E-state index in [1.807, 2.05) is 0 Å². The molecule has 2 fully saturated rings. The molecule has 0 aromatic heterocycles. The van der Waals surface area contributed by atoms with E-state index in [1.165, 1.54) is 0 Å². The molecular formula is C10H8Cl2N4O6. The first-order valence-electron chi connectivity index (χ1n) is 5.64. The lowest BCUT2D eigenvalue weighted by atomic mass is 9.84. The Morgan fingerprint density at radius 3 is 1.27 bits per heavy atom. The summed E-state index contributed by atoms with van der Waals surface area (Å²) in [6.07, 6.45) is 0. The molecule has 8 amide bonds. The topological polar surface area (TPSA) is 133 Å². The van der Waals surface area contributed by atoms with Crippen molar-refractivity contribution < 1.29 is 28.8 Å². The minimum absolute atomic E-state index is 0.398. The van der Waals surface area contributed by atoms with E-state index < -0.39 is 45.4 Å². The maximum atomic E-state index is 12.2. The zero-order valence-corrected chi connectivity index (χ0v) is 12.6. The molecule has 2 aliphatic heterocycles. The number of carbonyl (C=O) groups is 6. The SMILES string of the molecule is CN1C(=O)NC(=O)[C@](Cl)([C@]2(Cl)C(=O)NC(=O)N(C)C2=O)C1=O. The fourth-order valence-electron chi connectivity index (χ4n) is 1.98. The van der Waals surface area contributed by atoms with E-state index in [0.29, 0.717) is 9.80 Å². The summed E-state index contributed by atoms with van der Waals surface area (Å²) in [7, 11) is 1.95.